The van der Waals surface area contributed by atoms with E-state index >= 15 is 0 Å². The molecule has 6 nitrogen and oxygen atoms in total. The number of hydrogen-bond donors (Lipinski definition) is 0. The van der Waals surface area contributed by atoms with Gasteiger partial charge in [0.05, 0.1) is 0 Å². The lowest BCUT2D eigenvalue weighted by Gasteiger charge is -2.18. The molecule has 0 aromatic carbocycles. The Morgan fingerprint density at radius 3 is 0.788 bits per heavy atom. The van der Waals surface area contributed by atoms with E-state index in [9.17, 15) is 14.4 Å². The average Bonchev–Trinajstić information content (AvgIpc) is 3.31. The third kappa shape index (κ3) is 52.6. The van der Waals surface area contributed by atoms with E-state index < -0.39 is 6.10 Å². The van der Waals surface area contributed by atoms with Crippen LogP contribution in [0.5, 0.6) is 0 Å². The minimum absolute atomic E-state index is 0.0771. The van der Waals surface area contributed by atoms with Gasteiger partial charge in [0, 0.05) is 19.3 Å². The average molecular weight is 928 g/mol. The molecule has 0 amide bonds. The Kier molecular flexibility index (Phi) is 53.2. The first-order chi connectivity index (χ1) is 32.5. The van der Waals surface area contributed by atoms with Gasteiger partial charge in [-0.05, 0) is 96.3 Å². The fourth-order valence-corrected chi connectivity index (χ4v) is 8.43. The van der Waals surface area contributed by atoms with Gasteiger partial charge in [0.15, 0.2) is 6.10 Å². The van der Waals surface area contributed by atoms with E-state index in [-0.39, 0.29) is 31.1 Å². The Balaban J connectivity index is 4.30. The third-order valence-corrected chi connectivity index (χ3v) is 12.8. The van der Waals surface area contributed by atoms with Gasteiger partial charge < -0.3 is 14.2 Å². The standard InChI is InChI=1S/C60H110O6/c1-4-7-10-13-16-19-22-25-27-28-29-30-31-32-34-35-38-41-44-47-50-53-59(62)65-56-57(55-64-58(61)52-49-46-43-40-37-24-21-18-15-12-9-6-3)66-60(63)54-51-48-45-42-39-36-33-26-23-20-17-14-11-8-5-2/h18,21,26,28-29,33,57H,4-17,19-20,22-25,27,30-32,34-56H2,1-3H3/b21-18-,29-28-,33-26-. The maximum atomic E-state index is 12.8. The van der Waals surface area contributed by atoms with E-state index in [2.05, 4.69) is 57.2 Å². The molecule has 0 heterocycles. The summed E-state index contributed by atoms with van der Waals surface area (Å²) in [6.45, 7) is 6.63. The van der Waals surface area contributed by atoms with Crippen molar-refractivity contribution < 1.29 is 28.6 Å². The van der Waals surface area contributed by atoms with Crippen LogP contribution in [0.3, 0.4) is 0 Å². The van der Waals surface area contributed by atoms with E-state index in [0.717, 1.165) is 70.6 Å². The highest BCUT2D eigenvalue weighted by Gasteiger charge is 2.19. The van der Waals surface area contributed by atoms with Gasteiger partial charge in [-0.2, -0.15) is 0 Å². The van der Waals surface area contributed by atoms with E-state index in [1.54, 1.807) is 0 Å². The molecule has 1 unspecified atom stereocenters. The first-order valence-corrected chi connectivity index (χ1v) is 29.0. The predicted octanol–water partition coefficient (Wildman–Crippen LogP) is 19.3. The molecule has 0 rings (SSSR count). The number of rotatable bonds is 53. The molecule has 1 atom stereocenters. The smallest absolute Gasteiger partial charge is 0.306 e. The molecule has 0 aromatic rings. The second-order valence-corrected chi connectivity index (χ2v) is 19.5. The Morgan fingerprint density at radius 2 is 0.500 bits per heavy atom. The zero-order chi connectivity index (χ0) is 47.9. The largest absolute Gasteiger partial charge is 0.462 e. The number of unbranched alkanes of at least 4 members (excludes halogenated alkanes) is 36. The lowest BCUT2D eigenvalue weighted by molar-refractivity contribution is -0.167. The molecule has 0 fully saturated rings. The highest BCUT2D eigenvalue weighted by Crippen LogP contribution is 2.16. The molecule has 0 spiro atoms. The summed E-state index contributed by atoms with van der Waals surface area (Å²) in [7, 11) is 0. The molecule has 0 saturated heterocycles. The summed E-state index contributed by atoms with van der Waals surface area (Å²) >= 11 is 0. The van der Waals surface area contributed by atoms with Crippen molar-refractivity contribution >= 4 is 17.9 Å². The quantitative estimate of drug-likeness (QED) is 0.0262. The van der Waals surface area contributed by atoms with Gasteiger partial charge >= 0.3 is 17.9 Å². The summed E-state index contributed by atoms with van der Waals surface area (Å²) in [6.07, 6.45) is 65.7. The van der Waals surface area contributed by atoms with E-state index in [0.29, 0.717) is 19.3 Å². The minimum Gasteiger partial charge on any atom is -0.462 e. The topological polar surface area (TPSA) is 78.9 Å². The third-order valence-electron chi connectivity index (χ3n) is 12.8. The summed E-state index contributed by atoms with van der Waals surface area (Å²) in [6, 6.07) is 0. The molecular formula is C60H110O6. The van der Waals surface area contributed by atoms with Crippen LogP contribution in [0.2, 0.25) is 0 Å². The van der Waals surface area contributed by atoms with E-state index in [1.165, 1.54) is 199 Å². The minimum atomic E-state index is -0.778. The van der Waals surface area contributed by atoms with Gasteiger partial charge in [0.2, 0.25) is 0 Å². The molecule has 0 radical (unpaired) electrons. The summed E-state index contributed by atoms with van der Waals surface area (Å²) in [5.41, 5.74) is 0. The lowest BCUT2D eigenvalue weighted by Crippen LogP contribution is -2.30. The van der Waals surface area contributed by atoms with Crippen LogP contribution >= 0.6 is 0 Å². The number of esters is 3. The van der Waals surface area contributed by atoms with Crippen LogP contribution in [0, 0.1) is 0 Å². The molecular weight excluding hydrogens is 817 g/mol. The van der Waals surface area contributed by atoms with Crippen molar-refractivity contribution in [2.75, 3.05) is 13.2 Å². The first kappa shape index (κ1) is 63.6. The number of carbonyl (C=O) groups excluding carboxylic acids is 3. The van der Waals surface area contributed by atoms with Crippen LogP contribution < -0.4 is 0 Å². The Bertz CT molecular complexity index is 1110. The van der Waals surface area contributed by atoms with Gasteiger partial charge in [-0.15, -0.1) is 0 Å². The molecule has 0 saturated carbocycles. The van der Waals surface area contributed by atoms with Crippen molar-refractivity contribution in [3.05, 3.63) is 36.5 Å². The van der Waals surface area contributed by atoms with Crippen LogP contribution in [0.15, 0.2) is 36.5 Å². The highest BCUT2D eigenvalue weighted by atomic mass is 16.6. The number of hydrogen-bond acceptors (Lipinski definition) is 6. The molecule has 0 aliphatic rings. The monoisotopic (exact) mass is 927 g/mol. The summed E-state index contributed by atoms with van der Waals surface area (Å²) < 4.78 is 16.8. The normalized spacial score (nSPS) is 12.2. The summed E-state index contributed by atoms with van der Waals surface area (Å²) in [5.74, 6) is -0.883. The maximum Gasteiger partial charge on any atom is 0.306 e. The lowest BCUT2D eigenvalue weighted by atomic mass is 10.1. The van der Waals surface area contributed by atoms with Crippen LogP contribution in [0.4, 0.5) is 0 Å². The molecule has 6 heteroatoms. The molecule has 386 valence electrons. The first-order valence-electron chi connectivity index (χ1n) is 29.0. The predicted molar refractivity (Wildman–Crippen MR) is 284 cm³/mol. The van der Waals surface area contributed by atoms with Crippen LogP contribution in [0.1, 0.15) is 310 Å². The Morgan fingerprint density at radius 1 is 0.288 bits per heavy atom. The molecule has 0 bridgehead atoms. The fraction of sp³-hybridized carbons (Fsp3) is 0.850. The van der Waals surface area contributed by atoms with Crippen molar-refractivity contribution in [2.45, 2.75) is 316 Å². The summed E-state index contributed by atoms with van der Waals surface area (Å²) in [5, 5.41) is 0. The Labute approximate surface area is 410 Å². The van der Waals surface area contributed by atoms with Gasteiger partial charge in [-0.1, -0.05) is 231 Å². The van der Waals surface area contributed by atoms with Crippen molar-refractivity contribution in [1.29, 1.82) is 0 Å². The van der Waals surface area contributed by atoms with Crippen molar-refractivity contribution in [1.82, 2.24) is 0 Å². The second kappa shape index (κ2) is 55.2. The SMILES string of the molecule is CCCCC/C=C\CCCCCCCC(=O)OCC(COC(=O)CCCCCCCCCCC/C=C\CCCCCCCCCC)OC(=O)CCCCCCC/C=C\CCCCCCCC. The zero-order valence-corrected chi connectivity index (χ0v) is 44.2. The van der Waals surface area contributed by atoms with Gasteiger partial charge in [-0.3, -0.25) is 14.4 Å². The van der Waals surface area contributed by atoms with Crippen LogP contribution in [0.25, 0.3) is 0 Å². The highest BCUT2D eigenvalue weighted by molar-refractivity contribution is 5.71. The number of carbonyl (C=O) groups is 3. The molecule has 66 heavy (non-hydrogen) atoms. The van der Waals surface area contributed by atoms with Crippen LogP contribution in [-0.4, -0.2) is 37.2 Å². The van der Waals surface area contributed by atoms with Crippen molar-refractivity contribution in [2.24, 2.45) is 0 Å². The molecule has 0 aromatic heterocycles. The zero-order valence-electron chi connectivity index (χ0n) is 44.2. The maximum absolute atomic E-state index is 12.8. The van der Waals surface area contributed by atoms with Crippen molar-refractivity contribution in [3.63, 3.8) is 0 Å². The molecule has 0 aliphatic carbocycles. The van der Waals surface area contributed by atoms with E-state index in [4.69, 9.17) is 14.2 Å². The molecule has 0 aliphatic heterocycles. The number of ether oxygens (including phenoxy) is 3. The van der Waals surface area contributed by atoms with E-state index in [1.807, 2.05) is 0 Å². The Hall–Kier alpha value is -2.37. The fourth-order valence-electron chi connectivity index (χ4n) is 8.43. The number of allylic oxidation sites excluding steroid dienone is 6. The summed E-state index contributed by atoms with van der Waals surface area (Å²) in [4.78, 5) is 38.1. The molecule has 0 N–H and O–H groups in total. The van der Waals surface area contributed by atoms with Gasteiger partial charge in [0.25, 0.3) is 0 Å². The van der Waals surface area contributed by atoms with Gasteiger partial charge in [-0.25, -0.2) is 0 Å². The second-order valence-electron chi connectivity index (χ2n) is 19.5. The van der Waals surface area contributed by atoms with Crippen molar-refractivity contribution in [3.8, 4) is 0 Å². The van der Waals surface area contributed by atoms with Gasteiger partial charge in [0.1, 0.15) is 13.2 Å². The van der Waals surface area contributed by atoms with Crippen LogP contribution in [-0.2, 0) is 28.6 Å².